The van der Waals surface area contributed by atoms with Crippen molar-refractivity contribution < 1.29 is 9.32 Å². The molecular formula is C15H23N3O2. The Kier molecular flexibility index (Phi) is 4.05. The number of nitrogens with zero attached hydrogens (tertiary/aromatic N) is 1. The third-order valence-corrected chi connectivity index (χ3v) is 4.56. The Morgan fingerprint density at radius 2 is 2.25 bits per heavy atom. The summed E-state index contributed by atoms with van der Waals surface area (Å²) in [6.45, 7) is 3.60. The molecule has 5 nitrogen and oxygen atoms in total. The molecule has 0 radical (unpaired) electrons. The van der Waals surface area contributed by atoms with Gasteiger partial charge in [0.05, 0.1) is 12.5 Å². The number of nitrogens with one attached hydrogen (secondary N) is 2. The molecule has 1 aromatic rings. The van der Waals surface area contributed by atoms with Crippen LogP contribution in [-0.2, 0) is 24.2 Å². The van der Waals surface area contributed by atoms with Crippen LogP contribution in [0.15, 0.2) is 4.52 Å². The quantitative estimate of drug-likeness (QED) is 0.880. The van der Waals surface area contributed by atoms with Gasteiger partial charge in [0.25, 0.3) is 0 Å². The van der Waals surface area contributed by atoms with Crippen LogP contribution in [0.5, 0.6) is 0 Å². The Morgan fingerprint density at radius 1 is 1.40 bits per heavy atom. The van der Waals surface area contributed by atoms with Crippen LogP contribution in [0.1, 0.15) is 49.6 Å². The van der Waals surface area contributed by atoms with E-state index in [1.54, 1.807) is 0 Å². The molecular weight excluding hydrogens is 254 g/mol. The van der Waals surface area contributed by atoms with Gasteiger partial charge in [-0.05, 0) is 45.6 Å². The number of hydrogen-bond acceptors (Lipinski definition) is 4. The van der Waals surface area contributed by atoms with Crippen LogP contribution >= 0.6 is 0 Å². The molecule has 1 aliphatic carbocycles. The molecule has 1 fully saturated rings. The minimum absolute atomic E-state index is 0.0754. The topological polar surface area (TPSA) is 67.2 Å². The van der Waals surface area contributed by atoms with Crippen LogP contribution in [0, 0.1) is 5.92 Å². The van der Waals surface area contributed by atoms with Gasteiger partial charge >= 0.3 is 0 Å². The molecule has 0 spiro atoms. The van der Waals surface area contributed by atoms with Crippen molar-refractivity contribution in [2.75, 3.05) is 6.54 Å². The normalized spacial score (nSPS) is 26.1. The second kappa shape index (κ2) is 5.95. The molecule has 110 valence electrons. The van der Waals surface area contributed by atoms with Gasteiger partial charge in [-0.2, -0.15) is 0 Å². The second-order valence-electron chi connectivity index (χ2n) is 5.95. The first-order valence-corrected chi connectivity index (χ1v) is 7.73. The highest BCUT2D eigenvalue weighted by Crippen LogP contribution is 2.24. The number of hydrogen-bond donors (Lipinski definition) is 2. The highest BCUT2D eigenvalue weighted by molar-refractivity contribution is 5.79. The summed E-state index contributed by atoms with van der Waals surface area (Å²) in [4.78, 5) is 12.3. The number of aromatic nitrogens is 1. The second-order valence-corrected chi connectivity index (χ2v) is 5.95. The lowest BCUT2D eigenvalue weighted by molar-refractivity contribution is -0.126. The first-order chi connectivity index (χ1) is 9.75. The molecule has 0 unspecified atom stereocenters. The van der Waals surface area contributed by atoms with Gasteiger partial charge < -0.3 is 15.2 Å². The van der Waals surface area contributed by atoms with Gasteiger partial charge in [-0.1, -0.05) is 5.16 Å². The third-order valence-electron chi connectivity index (χ3n) is 4.56. The summed E-state index contributed by atoms with van der Waals surface area (Å²) in [6, 6.07) is 0.259. The molecule has 1 aromatic heterocycles. The van der Waals surface area contributed by atoms with Crippen LogP contribution in [-0.4, -0.2) is 23.7 Å². The van der Waals surface area contributed by atoms with E-state index in [4.69, 9.17) is 4.52 Å². The number of fused-ring (bicyclic) bond motifs is 1. The molecule has 0 aromatic carbocycles. The zero-order chi connectivity index (χ0) is 13.9. The predicted octanol–water partition coefficient (Wildman–Crippen LogP) is 1.56. The average Bonchev–Trinajstić information content (AvgIpc) is 2.88. The van der Waals surface area contributed by atoms with Crippen molar-refractivity contribution in [3.63, 3.8) is 0 Å². The van der Waals surface area contributed by atoms with Gasteiger partial charge in [0.2, 0.25) is 5.91 Å². The molecule has 2 heterocycles. The van der Waals surface area contributed by atoms with Crippen molar-refractivity contribution >= 4 is 5.91 Å². The fourth-order valence-corrected chi connectivity index (χ4v) is 3.29. The van der Waals surface area contributed by atoms with E-state index in [2.05, 4.69) is 22.7 Å². The predicted molar refractivity (Wildman–Crippen MR) is 75.2 cm³/mol. The Bertz CT molecular complexity index is 483. The van der Waals surface area contributed by atoms with Crippen molar-refractivity contribution in [1.29, 1.82) is 0 Å². The van der Waals surface area contributed by atoms with Crippen LogP contribution in [0.3, 0.4) is 0 Å². The van der Waals surface area contributed by atoms with Crippen molar-refractivity contribution in [1.82, 2.24) is 15.8 Å². The Morgan fingerprint density at radius 3 is 3.10 bits per heavy atom. The molecule has 2 N–H and O–H groups in total. The van der Waals surface area contributed by atoms with E-state index >= 15 is 0 Å². The first kappa shape index (κ1) is 13.6. The molecule has 20 heavy (non-hydrogen) atoms. The fourth-order valence-electron chi connectivity index (χ4n) is 3.29. The van der Waals surface area contributed by atoms with E-state index in [1.165, 1.54) is 18.4 Å². The number of aryl methyl sites for hydroxylation is 1. The molecule has 1 aliphatic heterocycles. The van der Waals surface area contributed by atoms with E-state index < -0.39 is 0 Å². The number of piperidine rings is 1. The summed E-state index contributed by atoms with van der Waals surface area (Å²) in [6.07, 6.45) is 6.43. The summed E-state index contributed by atoms with van der Waals surface area (Å²) in [5.41, 5.74) is 2.15. The summed E-state index contributed by atoms with van der Waals surface area (Å²) < 4.78 is 5.37. The smallest absolute Gasteiger partial charge is 0.224 e. The molecule has 0 saturated carbocycles. The maximum absolute atomic E-state index is 12.3. The lowest BCUT2D eigenvalue weighted by Gasteiger charge is -2.28. The van der Waals surface area contributed by atoms with E-state index in [-0.39, 0.29) is 17.9 Å². The highest BCUT2D eigenvalue weighted by atomic mass is 16.5. The molecule has 1 saturated heterocycles. The van der Waals surface area contributed by atoms with E-state index in [9.17, 15) is 4.79 Å². The number of carbonyl (C=O) groups excluding carboxylic acids is 1. The average molecular weight is 277 g/mol. The Hall–Kier alpha value is -1.36. The van der Waals surface area contributed by atoms with E-state index in [0.29, 0.717) is 6.54 Å². The van der Waals surface area contributed by atoms with Gasteiger partial charge in [-0.3, -0.25) is 4.79 Å². The van der Waals surface area contributed by atoms with Gasteiger partial charge in [-0.15, -0.1) is 0 Å². The highest BCUT2D eigenvalue weighted by Gasteiger charge is 2.28. The lowest BCUT2D eigenvalue weighted by Crippen LogP contribution is -2.46. The van der Waals surface area contributed by atoms with Crippen LogP contribution in [0.4, 0.5) is 0 Å². The van der Waals surface area contributed by atoms with Crippen molar-refractivity contribution in [2.24, 2.45) is 5.92 Å². The minimum Gasteiger partial charge on any atom is -0.361 e. The Balaban J connectivity index is 1.59. The van der Waals surface area contributed by atoms with Gasteiger partial charge in [0.15, 0.2) is 0 Å². The lowest BCUT2D eigenvalue weighted by atomic mass is 9.91. The Labute approximate surface area is 119 Å². The van der Waals surface area contributed by atoms with Crippen LogP contribution < -0.4 is 10.6 Å². The molecule has 2 aliphatic rings. The monoisotopic (exact) mass is 277 g/mol. The minimum atomic E-state index is 0.0754. The van der Waals surface area contributed by atoms with E-state index in [0.717, 1.165) is 43.7 Å². The van der Waals surface area contributed by atoms with Gasteiger partial charge in [-0.25, -0.2) is 0 Å². The molecule has 5 heteroatoms. The van der Waals surface area contributed by atoms with Gasteiger partial charge in [0.1, 0.15) is 11.5 Å². The number of rotatable bonds is 3. The number of carbonyl (C=O) groups is 1. The third kappa shape index (κ3) is 2.73. The van der Waals surface area contributed by atoms with Crippen molar-refractivity contribution in [3.8, 4) is 0 Å². The summed E-state index contributed by atoms with van der Waals surface area (Å²) in [5, 5.41) is 10.5. The van der Waals surface area contributed by atoms with E-state index in [1.807, 2.05) is 0 Å². The SMILES string of the molecule is C[C@H]1NCCC[C@H]1C(=O)NCc1noc2c1CCCC2. The summed E-state index contributed by atoms with van der Waals surface area (Å²) in [7, 11) is 0. The zero-order valence-electron chi connectivity index (χ0n) is 12.1. The van der Waals surface area contributed by atoms with Crippen molar-refractivity contribution in [2.45, 2.75) is 58.0 Å². The maximum atomic E-state index is 12.3. The van der Waals surface area contributed by atoms with Crippen LogP contribution in [0.25, 0.3) is 0 Å². The zero-order valence-corrected chi connectivity index (χ0v) is 12.1. The maximum Gasteiger partial charge on any atom is 0.224 e. The molecule has 3 rings (SSSR count). The molecule has 0 bridgehead atoms. The van der Waals surface area contributed by atoms with Gasteiger partial charge in [0, 0.05) is 18.0 Å². The first-order valence-electron chi connectivity index (χ1n) is 7.73. The number of amides is 1. The molecule has 1 amide bonds. The summed E-state index contributed by atoms with van der Waals surface area (Å²) in [5.74, 6) is 1.23. The standard InChI is InChI=1S/C15H23N3O2/c1-10-11(6-4-8-16-10)15(19)17-9-13-12-5-2-3-7-14(12)20-18-13/h10-11,16H,2-9H2,1H3,(H,17,19)/t10-,11-/m1/s1. The summed E-state index contributed by atoms with van der Waals surface area (Å²) >= 11 is 0. The van der Waals surface area contributed by atoms with Crippen molar-refractivity contribution in [3.05, 3.63) is 17.0 Å². The van der Waals surface area contributed by atoms with Crippen LogP contribution in [0.2, 0.25) is 0 Å². The fraction of sp³-hybridized carbons (Fsp3) is 0.733. The largest absolute Gasteiger partial charge is 0.361 e. The molecule has 2 atom stereocenters.